The summed E-state index contributed by atoms with van der Waals surface area (Å²) in [5, 5.41) is 7.06. The van der Waals surface area contributed by atoms with E-state index in [-0.39, 0.29) is 28.1 Å². The molecule has 0 saturated carbocycles. The predicted octanol–water partition coefficient (Wildman–Crippen LogP) is 4.76. The Labute approximate surface area is 245 Å². The lowest BCUT2D eigenvalue weighted by molar-refractivity contribution is 0.0642. The third-order valence-electron chi connectivity index (χ3n) is 7.30. The Morgan fingerprint density at radius 2 is 1.62 bits per heavy atom. The van der Waals surface area contributed by atoms with Gasteiger partial charge in [0.1, 0.15) is 0 Å². The molecule has 9 nitrogen and oxygen atoms in total. The molecule has 10 heteroatoms. The summed E-state index contributed by atoms with van der Waals surface area (Å²) in [5.74, 6) is -1.04. The van der Waals surface area contributed by atoms with Crippen LogP contribution in [0.3, 0.4) is 0 Å². The SMILES string of the molecule is COCc1ccc(C(=O)Nc2ccc(S(=O)(=O)Cc3ccccc3)nc2C(=O)NCC2CCOCC2)c2ccccc12. The fourth-order valence-corrected chi connectivity index (χ4v) is 6.34. The van der Waals surface area contributed by atoms with E-state index >= 15 is 0 Å². The number of amides is 2. The smallest absolute Gasteiger partial charge is 0.272 e. The Hall–Kier alpha value is -4.12. The molecule has 0 unspecified atom stereocenters. The van der Waals surface area contributed by atoms with Gasteiger partial charge in [0.05, 0.1) is 18.0 Å². The van der Waals surface area contributed by atoms with Crippen molar-refractivity contribution >= 4 is 38.1 Å². The van der Waals surface area contributed by atoms with E-state index in [2.05, 4.69) is 15.6 Å². The van der Waals surface area contributed by atoms with Crippen LogP contribution in [0.25, 0.3) is 10.8 Å². The molecule has 1 aliphatic rings. The minimum absolute atomic E-state index is 0.119. The number of pyridine rings is 1. The van der Waals surface area contributed by atoms with Gasteiger partial charge in [-0.15, -0.1) is 0 Å². The molecule has 4 aromatic rings. The van der Waals surface area contributed by atoms with Gasteiger partial charge in [-0.25, -0.2) is 13.4 Å². The molecule has 1 aliphatic heterocycles. The van der Waals surface area contributed by atoms with Crippen molar-refractivity contribution in [1.82, 2.24) is 10.3 Å². The topological polar surface area (TPSA) is 124 Å². The monoisotopic (exact) mass is 587 g/mol. The zero-order chi connectivity index (χ0) is 29.5. The van der Waals surface area contributed by atoms with Crippen LogP contribution in [0.4, 0.5) is 5.69 Å². The maximum atomic E-state index is 13.6. The first-order valence-electron chi connectivity index (χ1n) is 13.8. The second kappa shape index (κ2) is 13.2. The van der Waals surface area contributed by atoms with Gasteiger partial charge in [-0.05, 0) is 58.9 Å². The van der Waals surface area contributed by atoms with E-state index in [4.69, 9.17) is 9.47 Å². The zero-order valence-electron chi connectivity index (χ0n) is 23.3. The van der Waals surface area contributed by atoms with Crippen molar-refractivity contribution in [3.63, 3.8) is 0 Å². The normalized spacial score (nSPS) is 14.0. The number of carbonyl (C=O) groups excluding carboxylic acids is 2. The molecule has 2 N–H and O–H groups in total. The maximum Gasteiger partial charge on any atom is 0.272 e. The lowest BCUT2D eigenvalue weighted by Gasteiger charge is -2.22. The molecule has 1 fully saturated rings. The van der Waals surface area contributed by atoms with Crippen LogP contribution in [-0.4, -0.2) is 52.1 Å². The Kier molecular flexibility index (Phi) is 9.26. The number of hydrogen-bond donors (Lipinski definition) is 2. The molecule has 0 aliphatic carbocycles. The summed E-state index contributed by atoms with van der Waals surface area (Å²) >= 11 is 0. The van der Waals surface area contributed by atoms with E-state index in [1.165, 1.54) is 12.1 Å². The Morgan fingerprint density at radius 1 is 0.905 bits per heavy atom. The van der Waals surface area contributed by atoms with Crippen LogP contribution in [0.2, 0.25) is 0 Å². The molecule has 1 aromatic heterocycles. The van der Waals surface area contributed by atoms with E-state index in [1.807, 2.05) is 30.3 Å². The molecule has 0 atom stereocenters. The predicted molar refractivity (Wildman–Crippen MR) is 160 cm³/mol. The van der Waals surface area contributed by atoms with Crippen LogP contribution in [0.1, 0.15) is 44.8 Å². The van der Waals surface area contributed by atoms with Gasteiger partial charge in [-0.1, -0.05) is 60.7 Å². The highest BCUT2D eigenvalue weighted by Gasteiger charge is 2.24. The number of hydrogen-bond acceptors (Lipinski definition) is 7. The average Bonchev–Trinajstić information content (AvgIpc) is 3.01. The highest BCUT2D eigenvalue weighted by molar-refractivity contribution is 7.90. The molecule has 1 saturated heterocycles. The number of anilines is 1. The van der Waals surface area contributed by atoms with Crippen LogP contribution >= 0.6 is 0 Å². The summed E-state index contributed by atoms with van der Waals surface area (Å²) in [4.78, 5) is 31.3. The highest BCUT2D eigenvalue weighted by atomic mass is 32.2. The van der Waals surface area contributed by atoms with Crippen LogP contribution in [0.5, 0.6) is 0 Å². The van der Waals surface area contributed by atoms with Crippen molar-refractivity contribution in [2.45, 2.75) is 30.2 Å². The first kappa shape index (κ1) is 29.4. The number of aromatic nitrogens is 1. The van der Waals surface area contributed by atoms with E-state index in [1.54, 1.807) is 43.5 Å². The van der Waals surface area contributed by atoms with Crippen LogP contribution < -0.4 is 10.6 Å². The molecule has 42 heavy (non-hydrogen) atoms. The summed E-state index contributed by atoms with van der Waals surface area (Å²) in [5.41, 5.74) is 1.90. The number of benzene rings is 3. The summed E-state index contributed by atoms with van der Waals surface area (Å²) in [6, 6.07) is 22.6. The molecule has 2 amide bonds. The third-order valence-corrected chi connectivity index (χ3v) is 8.88. The Morgan fingerprint density at radius 3 is 2.36 bits per heavy atom. The van der Waals surface area contributed by atoms with Crippen molar-refractivity contribution in [3.8, 4) is 0 Å². The van der Waals surface area contributed by atoms with Crippen molar-refractivity contribution in [1.29, 1.82) is 0 Å². The van der Waals surface area contributed by atoms with Gasteiger partial charge in [0.15, 0.2) is 20.6 Å². The minimum Gasteiger partial charge on any atom is -0.381 e. The number of nitrogens with one attached hydrogen (secondary N) is 2. The van der Waals surface area contributed by atoms with Gasteiger partial charge in [0, 0.05) is 32.4 Å². The average molecular weight is 588 g/mol. The standard InChI is InChI=1S/C32H33N3O6S/c1-40-20-24-11-12-27(26-10-6-5-9-25(24)26)31(36)34-28-13-14-29(42(38,39)21-23-7-3-2-4-8-23)35-30(28)32(37)33-19-22-15-17-41-18-16-22/h2-14,22H,15-21H2,1H3,(H,33,37)(H,34,36). The van der Waals surface area contributed by atoms with Crippen LogP contribution in [0, 0.1) is 5.92 Å². The van der Waals surface area contributed by atoms with Crippen molar-refractivity contribution in [3.05, 3.63) is 101 Å². The molecular formula is C32H33N3O6S. The number of sulfone groups is 1. The maximum absolute atomic E-state index is 13.6. The Bertz CT molecular complexity index is 1690. The van der Waals surface area contributed by atoms with Gasteiger partial charge in [0.25, 0.3) is 11.8 Å². The summed E-state index contributed by atoms with van der Waals surface area (Å²) in [6.07, 6.45) is 1.63. The molecule has 2 heterocycles. The molecule has 3 aromatic carbocycles. The van der Waals surface area contributed by atoms with Crippen molar-refractivity contribution in [2.24, 2.45) is 5.92 Å². The third kappa shape index (κ3) is 6.84. The fraction of sp³-hybridized carbons (Fsp3) is 0.281. The van der Waals surface area contributed by atoms with Crippen molar-refractivity contribution in [2.75, 3.05) is 32.2 Å². The number of methoxy groups -OCH3 is 1. The molecule has 5 rings (SSSR count). The van der Waals surface area contributed by atoms with E-state index < -0.39 is 21.7 Å². The molecule has 0 bridgehead atoms. The molecule has 218 valence electrons. The second-order valence-electron chi connectivity index (χ2n) is 10.3. The number of fused-ring (bicyclic) bond motifs is 1. The first-order chi connectivity index (χ1) is 20.4. The van der Waals surface area contributed by atoms with Gasteiger partial charge >= 0.3 is 0 Å². The van der Waals surface area contributed by atoms with E-state index in [9.17, 15) is 18.0 Å². The number of ether oxygens (including phenoxy) is 2. The largest absolute Gasteiger partial charge is 0.381 e. The van der Waals surface area contributed by atoms with Crippen LogP contribution in [-0.2, 0) is 31.7 Å². The van der Waals surface area contributed by atoms with Gasteiger partial charge < -0.3 is 20.1 Å². The fourth-order valence-electron chi connectivity index (χ4n) is 5.06. The quantitative estimate of drug-likeness (QED) is 0.274. The van der Waals surface area contributed by atoms with Gasteiger partial charge in [-0.2, -0.15) is 0 Å². The minimum atomic E-state index is -3.87. The number of nitrogens with zero attached hydrogens (tertiary/aromatic N) is 1. The lowest BCUT2D eigenvalue weighted by Crippen LogP contribution is -2.33. The van der Waals surface area contributed by atoms with Gasteiger partial charge in [-0.3, -0.25) is 9.59 Å². The van der Waals surface area contributed by atoms with E-state index in [0.717, 1.165) is 29.2 Å². The summed E-state index contributed by atoms with van der Waals surface area (Å²) in [6.45, 7) is 2.04. The molecular weight excluding hydrogens is 554 g/mol. The number of rotatable bonds is 10. The van der Waals surface area contributed by atoms with E-state index in [0.29, 0.717) is 37.5 Å². The van der Waals surface area contributed by atoms with Crippen molar-refractivity contribution < 1.29 is 27.5 Å². The summed E-state index contributed by atoms with van der Waals surface area (Å²) in [7, 11) is -2.26. The number of carbonyl (C=O) groups is 2. The zero-order valence-corrected chi connectivity index (χ0v) is 24.2. The second-order valence-corrected chi connectivity index (χ2v) is 12.2. The first-order valence-corrected chi connectivity index (χ1v) is 15.5. The summed E-state index contributed by atoms with van der Waals surface area (Å²) < 4.78 is 37.2. The van der Waals surface area contributed by atoms with Gasteiger partial charge in [0.2, 0.25) is 0 Å². The molecule has 0 radical (unpaired) electrons. The lowest BCUT2D eigenvalue weighted by atomic mass is 9.99. The molecule has 0 spiro atoms. The highest BCUT2D eigenvalue weighted by Crippen LogP contribution is 2.26. The Balaban J connectivity index is 1.46. The van der Waals surface area contributed by atoms with Crippen LogP contribution in [0.15, 0.2) is 83.9 Å².